The number of ether oxygens (including phenoxy) is 1. The molecule has 0 aromatic heterocycles. The molecule has 0 bridgehead atoms. The summed E-state index contributed by atoms with van der Waals surface area (Å²) in [6, 6.07) is 0. The molecule has 1 aliphatic rings. The topological polar surface area (TPSA) is 63.6 Å². The second kappa shape index (κ2) is 19.3. The van der Waals surface area contributed by atoms with E-state index in [-0.39, 0.29) is 23.9 Å². The van der Waals surface area contributed by atoms with Crippen molar-refractivity contribution in [1.29, 1.82) is 0 Å². The summed E-state index contributed by atoms with van der Waals surface area (Å²) >= 11 is 0. The first kappa shape index (κ1) is 30.0. The van der Waals surface area contributed by atoms with Crippen molar-refractivity contribution in [2.75, 3.05) is 0 Å². The lowest BCUT2D eigenvalue weighted by molar-refractivity contribution is -0.158. The SMILES string of the molecule is CCCCCCCCCCCCCC(CCCCC(C)C)OC(=O)C1CCC(C(=O)O)CC1. The van der Waals surface area contributed by atoms with Crippen LogP contribution >= 0.6 is 0 Å². The predicted octanol–water partition coefficient (Wildman–Crippen LogP) is 8.71. The first-order valence-corrected chi connectivity index (χ1v) is 14.4. The van der Waals surface area contributed by atoms with Crippen molar-refractivity contribution in [1.82, 2.24) is 0 Å². The number of hydrogen-bond acceptors (Lipinski definition) is 3. The van der Waals surface area contributed by atoms with Crippen LogP contribution in [-0.2, 0) is 14.3 Å². The monoisotopic (exact) mass is 466 g/mol. The second-order valence-corrected chi connectivity index (χ2v) is 10.9. The molecule has 1 rings (SSSR count). The van der Waals surface area contributed by atoms with Crippen LogP contribution in [0.2, 0.25) is 0 Å². The minimum atomic E-state index is -0.721. The largest absolute Gasteiger partial charge is 0.481 e. The fourth-order valence-electron chi connectivity index (χ4n) is 5.06. The van der Waals surface area contributed by atoms with Gasteiger partial charge in [-0.2, -0.15) is 0 Å². The van der Waals surface area contributed by atoms with Crippen molar-refractivity contribution in [2.24, 2.45) is 17.8 Å². The van der Waals surface area contributed by atoms with Gasteiger partial charge in [-0.25, -0.2) is 0 Å². The molecular weight excluding hydrogens is 412 g/mol. The summed E-state index contributed by atoms with van der Waals surface area (Å²) in [6.45, 7) is 6.79. The van der Waals surface area contributed by atoms with Gasteiger partial charge in [0.15, 0.2) is 0 Å². The summed E-state index contributed by atoms with van der Waals surface area (Å²) in [5, 5.41) is 9.18. The standard InChI is InChI=1S/C29H54O4/c1-4-5-6-7-8-9-10-11-12-13-14-18-27(19-16-15-17-24(2)3)33-29(32)26-22-20-25(21-23-26)28(30)31/h24-27H,4-23H2,1-3H3,(H,30,31). The Bertz CT molecular complexity index is 494. The van der Waals surface area contributed by atoms with Crippen molar-refractivity contribution >= 4 is 11.9 Å². The Morgan fingerprint density at radius 1 is 0.697 bits per heavy atom. The van der Waals surface area contributed by atoms with Gasteiger partial charge < -0.3 is 9.84 Å². The van der Waals surface area contributed by atoms with Crippen LogP contribution in [-0.4, -0.2) is 23.1 Å². The highest BCUT2D eigenvalue weighted by molar-refractivity contribution is 5.74. The third-order valence-corrected chi connectivity index (χ3v) is 7.38. The molecule has 1 atom stereocenters. The lowest BCUT2D eigenvalue weighted by atomic mass is 9.82. The van der Waals surface area contributed by atoms with Gasteiger partial charge >= 0.3 is 11.9 Å². The zero-order valence-corrected chi connectivity index (χ0v) is 22.1. The first-order chi connectivity index (χ1) is 15.9. The van der Waals surface area contributed by atoms with Crippen LogP contribution in [0, 0.1) is 17.8 Å². The molecule has 1 unspecified atom stereocenters. The number of carbonyl (C=O) groups excluding carboxylic acids is 1. The van der Waals surface area contributed by atoms with Crippen LogP contribution in [0.3, 0.4) is 0 Å². The summed E-state index contributed by atoms with van der Waals surface area (Å²) in [5.74, 6) is -0.451. The Morgan fingerprint density at radius 2 is 1.12 bits per heavy atom. The first-order valence-electron chi connectivity index (χ1n) is 14.4. The van der Waals surface area contributed by atoms with Gasteiger partial charge in [0.1, 0.15) is 6.10 Å². The number of carboxylic acid groups (broad SMARTS) is 1. The second-order valence-electron chi connectivity index (χ2n) is 10.9. The fourth-order valence-corrected chi connectivity index (χ4v) is 5.06. The Morgan fingerprint density at radius 3 is 1.61 bits per heavy atom. The lowest BCUT2D eigenvalue weighted by Gasteiger charge is -2.27. The van der Waals surface area contributed by atoms with E-state index in [0.717, 1.165) is 31.6 Å². The molecule has 0 aromatic carbocycles. The Hall–Kier alpha value is -1.06. The van der Waals surface area contributed by atoms with Crippen LogP contribution in [0.25, 0.3) is 0 Å². The van der Waals surface area contributed by atoms with E-state index in [1.54, 1.807) is 0 Å². The summed E-state index contributed by atoms with van der Waals surface area (Å²) in [7, 11) is 0. The number of carbonyl (C=O) groups is 2. The van der Waals surface area contributed by atoms with Crippen molar-refractivity contribution in [3.05, 3.63) is 0 Å². The molecule has 1 aliphatic carbocycles. The highest BCUT2D eigenvalue weighted by Crippen LogP contribution is 2.30. The van der Waals surface area contributed by atoms with Crippen molar-refractivity contribution < 1.29 is 19.4 Å². The molecule has 0 radical (unpaired) electrons. The zero-order chi connectivity index (χ0) is 24.3. The predicted molar refractivity (Wildman–Crippen MR) is 137 cm³/mol. The van der Waals surface area contributed by atoms with Gasteiger partial charge in [-0.1, -0.05) is 97.8 Å². The molecule has 1 N–H and O–H groups in total. The molecule has 4 heteroatoms. The third kappa shape index (κ3) is 15.5. The molecule has 0 spiro atoms. The van der Waals surface area contributed by atoms with E-state index in [9.17, 15) is 14.7 Å². The van der Waals surface area contributed by atoms with Gasteiger partial charge in [-0.3, -0.25) is 9.59 Å². The minimum Gasteiger partial charge on any atom is -0.481 e. The van der Waals surface area contributed by atoms with E-state index in [2.05, 4.69) is 20.8 Å². The maximum Gasteiger partial charge on any atom is 0.309 e. The van der Waals surface area contributed by atoms with E-state index in [4.69, 9.17) is 4.74 Å². The lowest BCUT2D eigenvalue weighted by Crippen LogP contribution is -2.29. The number of carboxylic acids is 1. The molecule has 0 aliphatic heterocycles. The number of aliphatic carboxylic acids is 1. The van der Waals surface area contributed by atoms with Crippen LogP contribution in [0.1, 0.15) is 149 Å². The summed E-state index contributed by atoms with van der Waals surface area (Å²) in [4.78, 5) is 23.9. The average Bonchev–Trinajstić information content (AvgIpc) is 2.79. The van der Waals surface area contributed by atoms with E-state index in [0.29, 0.717) is 25.7 Å². The van der Waals surface area contributed by atoms with E-state index < -0.39 is 5.97 Å². The normalized spacial score (nSPS) is 19.5. The molecule has 0 amide bonds. The van der Waals surface area contributed by atoms with Gasteiger partial charge in [0.2, 0.25) is 0 Å². The average molecular weight is 467 g/mol. The highest BCUT2D eigenvalue weighted by Gasteiger charge is 2.31. The maximum atomic E-state index is 12.8. The zero-order valence-electron chi connectivity index (χ0n) is 22.1. The van der Waals surface area contributed by atoms with E-state index in [1.165, 1.54) is 77.0 Å². The molecule has 1 fully saturated rings. The van der Waals surface area contributed by atoms with Crippen LogP contribution < -0.4 is 0 Å². The molecule has 33 heavy (non-hydrogen) atoms. The van der Waals surface area contributed by atoms with Crippen molar-refractivity contribution in [3.8, 4) is 0 Å². The molecule has 1 saturated carbocycles. The van der Waals surface area contributed by atoms with Gasteiger partial charge in [-0.05, 0) is 57.3 Å². The number of hydrogen-bond donors (Lipinski definition) is 1. The number of esters is 1. The number of rotatable bonds is 20. The molecule has 0 heterocycles. The Balaban J connectivity index is 2.26. The van der Waals surface area contributed by atoms with E-state index in [1.807, 2.05) is 0 Å². The van der Waals surface area contributed by atoms with Gasteiger partial charge in [0.05, 0.1) is 11.8 Å². The fraction of sp³-hybridized carbons (Fsp3) is 0.931. The summed E-state index contributed by atoms with van der Waals surface area (Å²) < 4.78 is 6.00. The minimum absolute atomic E-state index is 0.0421. The maximum absolute atomic E-state index is 12.8. The van der Waals surface area contributed by atoms with Crippen molar-refractivity contribution in [2.45, 2.75) is 155 Å². The van der Waals surface area contributed by atoms with Crippen LogP contribution in [0.15, 0.2) is 0 Å². The van der Waals surface area contributed by atoms with Crippen LogP contribution in [0.5, 0.6) is 0 Å². The highest BCUT2D eigenvalue weighted by atomic mass is 16.5. The Kier molecular flexibility index (Phi) is 17.5. The summed E-state index contributed by atoms with van der Waals surface area (Å²) in [6.07, 6.45) is 22.7. The van der Waals surface area contributed by atoms with Crippen molar-refractivity contribution in [3.63, 3.8) is 0 Å². The molecule has 0 aromatic rings. The Labute approximate surface area is 204 Å². The van der Waals surface area contributed by atoms with E-state index >= 15 is 0 Å². The summed E-state index contributed by atoms with van der Waals surface area (Å²) in [5.41, 5.74) is 0. The molecule has 0 saturated heterocycles. The number of unbranched alkanes of at least 4 members (excludes halogenated alkanes) is 11. The molecule has 194 valence electrons. The molecule has 4 nitrogen and oxygen atoms in total. The van der Waals surface area contributed by atoms with Crippen LogP contribution in [0.4, 0.5) is 0 Å². The third-order valence-electron chi connectivity index (χ3n) is 7.38. The molecular formula is C29H54O4. The smallest absolute Gasteiger partial charge is 0.309 e. The quantitative estimate of drug-likeness (QED) is 0.144. The van der Waals surface area contributed by atoms with Gasteiger partial charge in [0, 0.05) is 0 Å². The van der Waals surface area contributed by atoms with Gasteiger partial charge in [-0.15, -0.1) is 0 Å². The van der Waals surface area contributed by atoms with Gasteiger partial charge in [0.25, 0.3) is 0 Å².